The summed E-state index contributed by atoms with van der Waals surface area (Å²) in [5.74, 6) is -0.0305. The van der Waals surface area contributed by atoms with E-state index in [1.54, 1.807) is 60.5 Å². The summed E-state index contributed by atoms with van der Waals surface area (Å²) in [5, 5.41) is 5.55. The standard InChI is InChI=1S/C34H40N4O7/c1-3-37-19-21-45-30-13-8-7-12-28(30)33(41)36-29(22-31(39)38(24-32(37)40)23-25-10-5-4-6-11-25)34(42)35-18-9-20-44-27-16-14-26(43-2)15-17-27/h4-8,10-17,29H,3,9,18-24H2,1-2H3,(H,35,42)(H,36,41)/t29-/m0/s1. The van der Waals surface area contributed by atoms with E-state index in [2.05, 4.69) is 10.6 Å². The van der Waals surface area contributed by atoms with Gasteiger partial charge in [-0.05, 0) is 55.3 Å². The molecule has 1 aliphatic rings. The van der Waals surface area contributed by atoms with Gasteiger partial charge in [-0.15, -0.1) is 0 Å². The zero-order valence-corrected chi connectivity index (χ0v) is 25.7. The summed E-state index contributed by atoms with van der Waals surface area (Å²) in [6.45, 7) is 3.31. The van der Waals surface area contributed by atoms with Crippen LogP contribution in [0.15, 0.2) is 78.9 Å². The topological polar surface area (TPSA) is 127 Å². The number of nitrogens with zero attached hydrogens (tertiary/aromatic N) is 2. The molecule has 0 saturated carbocycles. The van der Waals surface area contributed by atoms with Crippen molar-refractivity contribution in [1.82, 2.24) is 20.4 Å². The minimum Gasteiger partial charge on any atom is -0.497 e. The Balaban J connectivity index is 1.50. The molecule has 0 saturated heterocycles. The minimum absolute atomic E-state index is 0.152. The van der Waals surface area contributed by atoms with Crippen molar-refractivity contribution in [2.45, 2.75) is 32.4 Å². The molecule has 238 valence electrons. The first-order chi connectivity index (χ1) is 21.9. The zero-order valence-electron chi connectivity index (χ0n) is 25.7. The van der Waals surface area contributed by atoms with Crippen LogP contribution in [-0.4, -0.2) is 86.0 Å². The van der Waals surface area contributed by atoms with E-state index in [0.29, 0.717) is 31.1 Å². The van der Waals surface area contributed by atoms with Gasteiger partial charge in [-0.2, -0.15) is 0 Å². The Labute approximate surface area is 263 Å². The van der Waals surface area contributed by atoms with Crippen LogP contribution in [0, 0.1) is 0 Å². The summed E-state index contributed by atoms with van der Waals surface area (Å²) in [7, 11) is 1.59. The highest BCUT2D eigenvalue weighted by atomic mass is 16.5. The summed E-state index contributed by atoms with van der Waals surface area (Å²) in [6.07, 6.45) is 0.153. The maximum Gasteiger partial charge on any atom is 0.255 e. The molecule has 0 radical (unpaired) electrons. The van der Waals surface area contributed by atoms with Crippen molar-refractivity contribution in [1.29, 1.82) is 0 Å². The molecule has 0 unspecified atom stereocenters. The Kier molecular flexibility index (Phi) is 12.2. The zero-order chi connectivity index (χ0) is 32.0. The third kappa shape index (κ3) is 9.72. The second kappa shape index (κ2) is 16.7. The van der Waals surface area contributed by atoms with Crippen LogP contribution >= 0.6 is 0 Å². The van der Waals surface area contributed by atoms with Crippen LogP contribution in [0.3, 0.4) is 0 Å². The van der Waals surface area contributed by atoms with Gasteiger partial charge in [0.2, 0.25) is 17.7 Å². The fourth-order valence-electron chi connectivity index (χ4n) is 4.82. The van der Waals surface area contributed by atoms with Gasteiger partial charge >= 0.3 is 0 Å². The number of benzene rings is 3. The number of para-hydroxylation sites is 1. The second-order valence-electron chi connectivity index (χ2n) is 10.5. The Hall–Kier alpha value is -5.06. The molecule has 0 aromatic heterocycles. The molecule has 2 N–H and O–H groups in total. The highest BCUT2D eigenvalue weighted by Gasteiger charge is 2.30. The Morgan fingerprint density at radius 3 is 2.38 bits per heavy atom. The van der Waals surface area contributed by atoms with Crippen LogP contribution < -0.4 is 24.8 Å². The third-order valence-electron chi connectivity index (χ3n) is 7.33. The Bertz CT molecular complexity index is 1430. The first kappa shape index (κ1) is 32.8. The highest BCUT2D eigenvalue weighted by molar-refractivity contribution is 6.01. The SMILES string of the molecule is CCN1CCOc2ccccc2C(=O)N[C@H](C(=O)NCCCOc2ccc(OC)cc2)CC(=O)N(Cc2ccccc2)CC1=O. The van der Waals surface area contributed by atoms with Crippen molar-refractivity contribution in [3.63, 3.8) is 0 Å². The quantitative estimate of drug-likeness (QED) is 0.336. The molecule has 1 atom stereocenters. The summed E-state index contributed by atoms with van der Waals surface area (Å²) in [6, 6.07) is 22.0. The number of rotatable bonds is 10. The van der Waals surface area contributed by atoms with Gasteiger partial charge in [-0.1, -0.05) is 42.5 Å². The van der Waals surface area contributed by atoms with E-state index < -0.39 is 23.8 Å². The van der Waals surface area contributed by atoms with Crippen LogP contribution in [-0.2, 0) is 20.9 Å². The van der Waals surface area contributed by atoms with Gasteiger partial charge in [0.05, 0.1) is 32.2 Å². The number of fused-ring (bicyclic) bond motifs is 1. The molecule has 1 heterocycles. The number of ether oxygens (including phenoxy) is 3. The Morgan fingerprint density at radius 2 is 1.64 bits per heavy atom. The number of nitrogens with one attached hydrogen (secondary N) is 2. The number of hydrogen-bond acceptors (Lipinski definition) is 7. The largest absolute Gasteiger partial charge is 0.497 e. The maximum atomic E-state index is 13.7. The average Bonchev–Trinajstić information content (AvgIpc) is 3.06. The van der Waals surface area contributed by atoms with Gasteiger partial charge in [-0.25, -0.2) is 0 Å². The van der Waals surface area contributed by atoms with Gasteiger partial charge in [0.1, 0.15) is 36.4 Å². The maximum absolute atomic E-state index is 13.7. The molecule has 0 spiro atoms. The number of carbonyl (C=O) groups excluding carboxylic acids is 4. The molecule has 11 nitrogen and oxygen atoms in total. The molecule has 4 rings (SSSR count). The molecule has 3 aromatic rings. The fourth-order valence-corrected chi connectivity index (χ4v) is 4.82. The van der Waals surface area contributed by atoms with Gasteiger partial charge in [-0.3, -0.25) is 19.2 Å². The normalized spacial score (nSPS) is 16.1. The number of likely N-dealkylation sites (N-methyl/N-ethyl adjacent to an activating group) is 1. The molecular formula is C34H40N4O7. The predicted molar refractivity (Wildman–Crippen MR) is 168 cm³/mol. The lowest BCUT2D eigenvalue weighted by molar-refractivity contribution is -0.142. The van der Waals surface area contributed by atoms with E-state index in [1.165, 1.54) is 4.90 Å². The van der Waals surface area contributed by atoms with Crippen LogP contribution in [0.1, 0.15) is 35.7 Å². The van der Waals surface area contributed by atoms with E-state index in [1.807, 2.05) is 37.3 Å². The van der Waals surface area contributed by atoms with E-state index in [4.69, 9.17) is 14.2 Å². The van der Waals surface area contributed by atoms with Crippen molar-refractivity contribution in [3.05, 3.63) is 90.0 Å². The van der Waals surface area contributed by atoms with E-state index in [9.17, 15) is 19.2 Å². The molecule has 3 aromatic carbocycles. The monoisotopic (exact) mass is 616 g/mol. The highest BCUT2D eigenvalue weighted by Crippen LogP contribution is 2.20. The van der Waals surface area contributed by atoms with Crippen LogP contribution in [0.4, 0.5) is 0 Å². The smallest absolute Gasteiger partial charge is 0.255 e. The molecule has 0 bridgehead atoms. The summed E-state index contributed by atoms with van der Waals surface area (Å²) >= 11 is 0. The summed E-state index contributed by atoms with van der Waals surface area (Å²) in [5.41, 5.74) is 1.06. The molecule has 0 aliphatic carbocycles. The van der Waals surface area contributed by atoms with Gasteiger partial charge < -0.3 is 34.6 Å². The van der Waals surface area contributed by atoms with Crippen molar-refractivity contribution in [2.24, 2.45) is 0 Å². The molecular weight excluding hydrogens is 576 g/mol. The van der Waals surface area contributed by atoms with Gasteiger partial charge in [0, 0.05) is 19.6 Å². The van der Waals surface area contributed by atoms with E-state index in [0.717, 1.165) is 11.3 Å². The molecule has 1 aliphatic heterocycles. The molecule has 0 fully saturated rings. The number of amides is 4. The first-order valence-electron chi connectivity index (χ1n) is 15.0. The summed E-state index contributed by atoms with van der Waals surface area (Å²) in [4.78, 5) is 56.9. The molecule has 45 heavy (non-hydrogen) atoms. The lowest BCUT2D eigenvalue weighted by Crippen LogP contribution is -2.51. The predicted octanol–water partition coefficient (Wildman–Crippen LogP) is 3.04. The average molecular weight is 617 g/mol. The van der Waals surface area contributed by atoms with Crippen molar-refractivity contribution >= 4 is 23.6 Å². The van der Waals surface area contributed by atoms with Gasteiger partial charge in [0.15, 0.2) is 0 Å². The Morgan fingerprint density at radius 1 is 0.933 bits per heavy atom. The van der Waals surface area contributed by atoms with E-state index >= 15 is 0 Å². The number of methoxy groups -OCH3 is 1. The van der Waals surface area contributed by atoms with Crippen LogP contribution in [0.5, 0.6) is 17.2 Å². The van der Waals surface area contributed by atoms with Gasteiger partial charge in [0.25, 0.3) is 5.91 Å². The third-order valence-corrected chi connectivity index (χ3v) is 7.33. The van der Waals surface area contributed by atoms with E-state index in [-0.39, 0.29) is 50.7 Å². The number of carbonyl (C=O) groups is 4. The lowest BCUT2D eigenvalue weighted by atomic mass is 10.1. The second-order valence-corrected chi connectivity index (χ2v) is 10.5. The summed E-state index contributed by atoms with van der Waals surface area (Å²) < 4.78 is 16.8. The molecule has 4 amide bonds. The van der Waals surface area contributed by atoms with Crippen molar-refractivity contribution in [3.8, 4) is 17.2 Å². The number of hydrogen-bond donors (Lipinski definition) is 2. The molecule has 11 heteroatoms. The fraction of sp³-hybridized carbons (Fsp3) is 0.353. The first-order valence-corrected chi connectivity index (χ1v) is 15.0. The van der Waals surface area contributed by atoms with Crippen LogP contribution in [0.2, 0.25) is 0 Å². The minimum atomic E-state index is -1.20. The van der Waals surface area contributed by atoms with Crippen molar-refractivity contribution in [2.75, 3.05) is 46.5 Å². The van der Waals surface area contributed by atoms with Crippen LogP contribution in [0.25, 0.3) is 0 Å². The lowest BCUT2D eigenvalue weighted by Gasteiger charge is -2.29. The van der Waals surface area contributed by atoms with Crippen molar-refractivity contribution < 1.29 is 33.4 Å².